The number of carbonyl (C=O) groups excluding carboxylic acids is 3. The molecule has 138 valence electrons. The van der Waals surface area contributed by atoms with E-state index in [1.54, 1.807) is 0 Å². The summed E-state index contributed by atoms with van der Waals surface area (Å²) in [5.74, 6) is -2.06. The molecule has 0 radical (unpaired) electrons. The summed E-state index contributed by atoms with van der Waals surface area (Å²) in [5.41, 5.74) is 0.0793. The Balaban J connectivity index is 1.68. The molecule has 2 fully saturated rings. The van der Waals surface area contributed by atoms with Crippen molar-refractivity contribution in [3.8, 4) is 0 Å². The van der Waals surface area contributed by atoms with Gasteiger partial charge in [-0.25, -0.2) is 0 Å². The van der Waals surface area contributed by atoms with Crippen LogP contribution in [0.3, 0.4) is 0 Å². The monoisotopic (exact) mass is 487 g/mol. The first-order chi connectivity index (χ1) is 12.3. The quantitative estimate of drug-likeness (QED) is 0.303. The number of benzene rings is 1. The lowest BCUT2D eigenvalue weighted by Gasteiger charge is -2.29. The molecule has 26 heavy (non-hydrogen) atoms. The first kappa shape index (κ1) is 19.0. The Morgan fingerprint density at radius 1 is 1.19 bits per heavy atom. The van der Waals surface area contributed by atoms with Crippen LogP contribution >= 0.6 is 31.9 Å². The van der Waals surface area contributed by atoms with E-state index in [1.807, 2.05) is 0 Å². The number of imide groups is 1. The van der Waals surface area contributed by atoms with Gasteiger partial charge >= 0.3 is 0 Å². The standard InChI is InChI=1S/C16H15Br2N3O5/c17-12-5-10-11(6-13(12)18)16(24)20(15(10)23)7-14(22)19-8-2-1-3-9(4-8)21(25)26/h1-4,10-13H,5-7H2,(H,19,22)/t10-,11-,12-,13+/m1/s1. The van der Waals surface area contributed by atoms with Gasteiger partial charge in [0.1, 0.15) is 6.54 Å². The van der Waals surface area contributed by atoms with Crippen LogP contribution in [-0.2, 0) is 14.4 Å². The second-order valence-corrected chi connectivity index (χ2v) is 8.69. The van der Waals surface area contributed by atoms with Crippen LogP contribution in [0, 0.1) is 22.0 Å². The zero-order chi connectivity index (χ0) is 19.0. The maximum Gasteiger partial charge on any atom is 0.271 e. The normalized spacial score (nSPS) is 28.0. The van der Waals surface area contributed by atoms with Crippen LogP contribution in [0.15, 0.2) is 24.3 Å². The molecule has 0 aromatic heterocycles. The first-order valence-corrected chi connectivity index (χ1v) is 9.78. The zero-order valence-electron chi connectivity index (χ0n) is 13.4. The summed E-state index contributed by atoms with van der Waals surface area (Å²) in [7, 11) is 0. The van der Waals surface area contributed by atoms with Crippen LogP contribution < -0.4 is 5.32 Å². The van der Waals surface area contributed by atoms with Gasteiger partial charge in [0.25, 0.3) is 5.69 Å². The molecule has 10 heteroatoms. The molecule has 0 unspecified atom stereocenters. The molecule has 1 heterocycles. The molecule has 3 rings (SSSR count). The van der Waals surface area contributed by atoms with Gasteiger partial charge in [-0.2, -0.15) is 0 Å². The lowest BCUT2D eigenvalue weighted by molar-refractivity contribution is -0.384. The molecule has 1 aromatic rings. The van der Waals surface area contributed by atoms with E-state index in [2.05, 4.69) is 37.2 Å². The largest absolute Gasteiger partial charge is 0.324 e. The number of halogens is 2. The van der Waals surface area contributed by atoms with E-state index in [-0.39, 0.29) is 32.8 Å². The van der Waals surface area contributed by atoms with Crippen LogP contribution in [0.1, 0.15) is 12.8 Å². The number of alkyl halides is 2. The molecule has 4 atom stereocenters. The number of fused-ring (bicyclic) bond motifs is 1. The van der Waals surface area contributed by atoms with Gasteiger partial charge in [-0.05, 0) is 18.9 Å². The van der Waals surface area contributed by atoms with Crippen molar-refractivity contribution in [3.63, 3.8) is 0 Å². The number of carbonyl (C=O) groups is 3. The summed E-state index contributed by atoms with van der Waals surface area (Å²) in [4.78, 5) is 48.7. The molecule has 1 aliphatic carbocycles. The third kappa shape index (κ3) is 3.66. The van der Waals surface area contributed by atoms with E-state index in [1.165, 1.54) is 24.3 Å². The summed E-state index contributed by atoms with van der Waals surface area (Å²) in [5, 5.41) is 13.3. The third-order valence-electron chi connectivity index (χ3n) is 4.65. The van der Waals surface area contributed by atoms with Gasteiger partial charge in [0, 0.05) is 27.5 Å². The van der Waals surface area contributed by atoms with Crippen molar-refractivity contribution in [3.05, 3.63) is 34.4 Å². The Morgan fingerprint density at radius 3 is 2.31 bits per heavy atom. The van der Waals surface area contributed by atoms with E-state index < -0.39 is 29.2 Å². The number of nitro benzene ring substituents is 1. The Bertz CT molecular complexity index is 759. The molecule has 1 aromatic carbocycles. The maximum atomic E-state index is 12.5. The first-order valence-electron chi connectivity index (χ1n) is 7.95. The number of non-ortho nitro benzene ring substituents is 1. The summed E-state index contributed by atoms with van der Waals surface area (Å²) in [6.07, 6.45) is 1.07. The van der Waals surface area contributed by atoms with Crippen molar-refractivity contribution in [2.75, 3.05) is 11.9 Å². The predicted octanol–water partition coefficient (Wildman–Crippen LogP) is 2.46. The summed E-state index contributed by atoms with van der Waals surface area (Å²) in [6, 6.07) is 5.47. The van der Waals surface area contributed by atoms with Gasteiger partial charge in [-0.3, -0.25) is 29.4 Å². The SMILES string of the molecule is O=C(CN1C(=O)[C@@H]2C[C@@H](Br)[C@@H](Br)C[C@H]2C1=O)Nc1cccc([N+](=O)[O-])c1. The van der Waals surface area contributed by atoms with Gasteiger partial charge in [0.15, 0.2) is 0 Å². The van der Waals surface area contributed by atoms with E-state index in [4.69, 9.17) is 0 Å². The van der Waals surface area contributed by atoms with Crippen molar-refractivity contribution >= 4 is 61.0 Å². The highest BCUT2D eigenvalue weighted by Gasteiger charge is 2.52. The van der Waals surface area contributed by atoms with Gasteiger partial charge in [-0.1, -0.05) is 37.9 Å². The predicted molar refractivity (Wildman–Crippen MR) is 100 cm³/mol. The molecule has 0 bridgehead atoms. The van der Waals surface area contributed by atoms with E-state index in [0.29, 0.717) is 12.8 Å². The van der Waals surface area contributed by atoms with E-state index in [0.717, 1.165) is 4.90 Å². The number of nitro groups is 1. The average Bonchev–Trinajstić information content (AvgIpc) is 2.80. The van der Waals surface area contributed by atoms with Crippen molar-refractivity contribution in [2.24, 2.45) is 11.8 Å². The molecule has 1 saturated heterocycles. The summed E-state index contributed by atoms with van der Waals surface area (Å²) < 4.78 is 0. The minimum Gasteiger partial charge on any atom is -0.324 e. The fourth-order valence-electron chi connectivity index (χ4n) is 3.36. The number of nitrogens with one attached hydrogen (secondary N) is 1. The molecule has 1 aliphatic heterocycles. The molecule has 0 spiro atoms. The second-order valence-electron chi connectivity index (χ2n) is 6.33. The van der Waals surface area contributed by atoms with Crippen LogP contribution in [0.4, 0.5) is 11.4 Å². The molecule has 8 nitrogen and oxygen atoms in total. The minimum atomic E-state index is -0.573. The van der Waals surface area contributed by atoms with E-state index >= 15 is 0 Å². The highest BCUT2D eigenvalue weighted by atomic mass is 79.9. The minimum absolute atomic E-state index is 0.0964. The zero-order valence-corrected chi connectivity index (χ0v) is 16.6. The second kappa shape index (κ2) is 7.43. The van der Waals surface area contributed by atoms with Gasteiger partial charge in [0.2, 0.25) is 17.7 Å². The smallest absolute Gasteiger partial charge is 0.271 e. The Labute approximate surface area is 165 Å². The molecule has 3 amide bonds. The Kier molecular flexibility index (Phi) is 5.42. The molecular formula is C16H15Br2N3O5. The molecule has 1 saturated carbocycles. The van der Waals surface area contributed by atoms with Gasteiger partial charge < -0.3 is 5.32 Å². The number of rotatable bonds is 4. The Hall–Kier alpha value is -1.81. The van der Waals surface area contributed by atoms with Crippen molar-refractivity contribution < 1.29 is 19.3 Å². The molecule has 1 N–H and O–H groups in total. The number of nitrogens with zero attached hydrogens (tertiary/aromatic N) is 2. The number of hydrogen-bond donors (Lipinski definition) is 1. The topological polar surface area (TPSA) is 110 Å². The lowest BCUT2D eigenvalue weighted by atomic mass is 9.81. The van der Waals surface area contributed by atoms with Crippen LogP contribution in [-0.4, -0.2) is 43.7 Å². The van der Waals surface area contributed by atoms with Gasteiger partial charge in [-0.15, -0.1) is 0 Å². The highest BCUT2D eigenvalue weighted by Crippen LogP contribution is 2.43. The molecular weight excluding hydrogens is 474 g/mol. The van der Waals surface area contributed by atoms with Crippen LogP contribution in [0.5, 0.6) is 0 Å². The highest BCUT2D eigenvalue weighted by molar-refractivity contribution is 9.12. The number of likely N-dealkylation sites (tertiary alicyclic amines) is 1. The third-order valence-corrected chi connectivity index (χ3v) is 7.38. The average molecular weight is 489 g/mol. The maximum absolute atomic E-state index is 12.5. The van der Waals surface area contributed by atoms with Crippen LogP contribution in [0.2, 0.25) is 0 Å². The number of amides is 3. The number of hydrogen-bond acceptors (Lipinski definition) is 5. The van der Waals surface area contributed by atoms with E-state index in [9.17, 15) is 24.5 Å². The lowest BCUT2D eigenvalue weighted by Crippen LogP contribution is -2.38. The van der Waals surface area contributed by atoms with Crippen LogP contribution in [0.25, 0.3) is 0 Å². The fourth-order valence-corrected chi connectivity index (χ4v) is 4.60. The van der Waals surface area contributed by atoms with Gasteiger partial charge in [0.05, 0.1) is 16.8 Å². The fraction of sp³-hybridized carbons (Fsp3) is 0.438. The summed E-state index contributed by atoms with van der Waals surface area (Å²) in [6.45, 7) is -0.396. The summed E-state index contributed by atoms with van der Waals surface area (Å²) >= 11 is 7.02. The van der Waals surface area contributed by atoms with Crippen molar-refractivity contribution in [1.82, 2.24) is 4.90 Å². The van der Waals surface area contributed by atoms with Crippen molar-refractivity contribution in [1.29, 1.82) is 0 Å². The molecule has 2 aliphatic rings. The Morgan fingerprint density at radius 2 is 1.77 bits per heavy atom. The number of anilines is 1. The van der Waals surface area contributed by atoms with Crippen molar-refractivity contribution in [2.45, 2.75) is 22.5 Å².